The second kappa shape index (κ2) is 8.78. The Morgan fingerprint density at radius 3 is 2.44 bits per heavy atom. The largest absolute Gasteiger partial charge is 0.401 e. The summed E-state index contributed by atoms with van der Waals surface area (Å²) in [5.41, 5.74) is 0. The van der Waals surface area contributed by atoms with Gasteiger partial charge in [0.25, 0.3) is 0 Å². The zero-order chi connectivity index (χ0) is 12.4. The molecule has 0 radical (unpaired) electrons. The highest BCUT2D eigenvalue weighted by atomic mass is 19.4. The summed E-state index contributed by atoms with van der Waals surface area (Å²) in [5.74, 6) is 0. The standard InChI is InChI=1S/C10H21F3N2O/c1-15(9-10(11,12)13)7-4-3-5-14-6-8-16-2/h14H,3-9H2,1-2H3. The first-order valence-corrected chi connectivity index (χ1v) is 5.40. The molecule has 0 unspecified atom stereocenters. The summed E-state index contributed by atoms with van der Waals surface area (Å²) in [6.45, 7) is 1.92. The number of nitrogens with one attached hydrogen (secondary N) is 1. The number of hydrogen-bond acceptors (Lipinski definition) is 3. The molecule has 0 saturated heterocycles. The molecule has 0 aromatic rings. The van der Waals surface area contributed by atoms with E-state index in [1.807, 2.05) is 0 Å². The van der Waals surface area contributed by atoms with E-state index in [1.165, 1.54) is 11.9 Å². The van der Waals surface area contributed by atoms with Crippen molar-refractivity contribution in [3.05, 3.63) is 0 Å². The third-order valence-electron chi connectivity index (χ3n) is 2.08. The first kappa shape index (κ1) is 15.7. The van der Waals surface area contributed by atoms with Crippen molar-refractivity contribution >= 4 is 0 Å². The van der Waals surface area contributed by atoms with E-state index in [0.717, 1.165) is 25.9 Å². The third-order valence-corrected chi connectivity index (χ3v) is 2.08. The first-order chi connectivity index (χ1) is 7.45. The zero-order valence-corrected chi connectivity index (χ0v) is 9.94. The minimum absolute atomic E-state index is 0.478. The number of hydrogen-bond donors (Lipinski definition) is 1. The minimum Gasteiger partial charge on any atom is -0.383 e. The molecule has 0 bridgehead atoms. The van der Waals surface area contributed by atoms with Gasteiger partial charge in [0, 0.05) is 13.7 Å². The van der Waals surface area contributed by atoms with Crippen LogP contribution in [0.4, 0.5) is 13.2 Å². The van der Waals surface area contributed by atoms with Gasteiger partial charge < -0.3 is 10.1 Å². The van der Waals surface area contributed by atoms with Crippen molar-refractivity contribution < 1.29 is 17.9 Å². The van der Waals surface area contributed by atoms with Gasteiger partial charge in [0.15, 0.2) is 0 Å². The van der Waals surface area contributed by atoms with Crippen LogP contribution >= 0.6 is 0 Å². The van der Waals surface area contributed by atoms with Gasteiger partial charge in [0.05, 0.1) is 13.2 Å². The van der Waals surface area contributed by atoms with Crippen molar-refractivity contribution in [2.24, 2.45) is 0 Å². The molecular weight excluding hydrogens is 221 g/mol. The molecule has 1 N–H and O–H groups in total. The summed E-state index contributed by atoms with van der Waals surface area (Å²) in [6.07, 6.45) is -2.44. The van der Waals surface area contributed by atoms with Crippen LogP contribution in [0, 0.1) is 0 Å². The van der Waals surface area contributed by atoms with Crippen LogP contribution in [-0.2, 0) is 4.74 Å². The van der Waals surface area contributed by atoms with Gasteiger partial charge in [-0.15, -0.1) is 0 Å². The minimum atomic E-state index is -4.09. The molecule has 0 aliphatic carbocycles. The monoisotopic (exact) mass is 242 g/mol. The maximum atomic E-state index is 12.0. The lowest BCUT2D eigenvalue weighted by Crippen LogP contribution is -2.32. The summed E-state index contributed by atoms with van der Waals surface area (Å²) in [5, 5.41) is 3.14. The lowest BCUT2D eigenvalue weighted by molar-refractivity contribution is -0.143. The fourth-order valence-corrected chi connectivity index (χ4v) is 1.32. The molecule has 3 nitrogen and oxygen atoms in total. The number of unbranched alkanes of at least 4 members (excludes halogenated alkanes) is 1. The summed E-state index contributed by atoms with van der Waals surface area (Å²) in [4.78, 5) is 1.30. The molecule has 16 heavy (non-hydrogen) atoms. The molecule has 0 saturated carbocycles. The summed E-state index contributed by atoms with van der Waals surface area (Å²) < 4.78 is 40.7. The van der Waals surface area contributed by atoms with E-state index in [2.05, 4.69) is 5.32 Å². The highest BCUT2D eigenvalue weighted by molar-refractivity contribution is 4.59. The van der Waals surface area contributed by atoms with E-state index >= 15 is 0 Å². The number of ether oxygens (including phenoxy) is 1. The summed E-state index contributed by atoms with van der Waals surface area (Å²) in [7, 11) is 3.12. The van der Waals surface area contributed by atoms with Crippen molar-refractivity contribution in [1.29, 1.82) is 0 Å². The molecule has 0 amide bonds. The molecule has 0 aromatic carbocycles. The van der Waals surface area contributed by atoms with E-state index in [1.54, 1.807) is 7.11 Å². The van der Waals surface area contributed by atoms with Crippen molar-refractivity contribution in [2.75, 3.05) is 46.9 Å². The first-order valence-electron chi connectivity index (χ1n) is 5.40. The molecule has 0 spiro atoms. The molecule has 98 valence electrons. The van der Waals surface area contributed by atoms with Gasteiger partial charge in [-0.05, 0) is 33.0 Å². The van der Waals surface area contributed by atoms with E-state index < -0.39 is 12.7 Å². The molecule has 0 aliphatic heterocycles. The Kier molecular flexibility index (Phi) is 8.60. The van der Waals surface area contributed by atoms with E-state index in [-0.39, 0.29) is 0 Å². The van der Waals surface area contributed by atoms with Crippen LogP contribution in [0.1, 0.15) is 12.8 Å². The van der Waals surface area contributed by atoms with Crippen molar-refractivity contribution in [2.45, 2.75) is 19.0 Å². The molecule has 0 heterocycles. The quantitative estimate of drug-likeness (QED) is 0.620. The molecule has 0 rings (SSSR count). The second-order valence-corrected chi connectivity index (χ2v) is 3.80. The highest BCUT2D eigenvalue weighted by Crippen LogP contribution is 2.15. The van der Waals surface area contributed by atoms with Crippen molar-refractivity contribution in [3.8, 4) is 0 Å². The van der Waals surface area contributed by atoms with Gasteiger partial charge in [-0.25, -0.2) is 0 Å². The number of alkyl halides is 3. The second-order valence-electron chi connectivity index (χ2n) is 3.80. The lowest BCUT2D eigenvalue weighted by atomic mass is 10.3. The Morgan fingerprint density at radius 1 is 1.19 bits per heavy atom. The van der Waals surface area contributed by atoms with Crippen LogP contribution in [0.15, 0.2) is 0 Å². The van der Waals surface area contributed by atoms with Gasteiger partial charge >= 0.3 is 6.18 Å². The Balaban J connectivity index is 3.25. The van der Waals surface area contributed by atoms with E-state index in [4.69, 9.17) is 4.74 Å². The van der Waals surface area contributed by atoms with Gasteiger partial charge in [-0.2, -0.15) is 13.2 Å². The third kappa shape index (κ3) is 11.7. The van der Waals surface area contributed by atoms with Crippen LogP contribution in [0.25, 0.3) is 0 Å². The maximum Gasteiger partial charge on any atom is 0.401 e. The average Bonchev–Trinajstić information content (AvgIpc) is 2.13. The lowest BCUT2D eigenvalue weighted by Gasteiger charge is -2.18. The van der Waals surface area contributed by atoms with Crippen molar-refractivity contribution in [1.82, 2.24) is 10.2 Å². The SMILES string of the molecule is COCCNCCCCN(C)CC(F)(F)F. The molecule has 0 fully saturated rings. The van der Waals surface area contributed by atoms with Gasteiger partial charge in [0.1, 0.15) is 0 Å². The van der Waals surface area contributed by atoms with Crippen molar-refractivity contribution in [3.63, 3.8) is 0 Å². The van der Waals surface area contributed by atoms with Gasteiger partial charge in [-0.1, -0.05) is 0 Å². The molecule has 6 heteroatoms. The van der Waals surface area contributed by atoms with Gasteiger partial charge in [0.2, 0.25) is 0 Å². The normalized spacial score (nSPS) is 12.4. The highest BCUT2D eigenvalue weighted by Gasteiger charge is 2.28. The number of nitrogens with zero attached hydrogens (tertiary/aromatic N) is 1. The van der Waals surface area contributed by atoms with Crippen LogP contribution in [-0.4, -0.2) is 58.0 Å². The predicted molar refractivity (Wildman–Crippen MR) is 57.5 cm³/mol. The molecular formula is C10H21F3N2O. The molecule has 0 aromatic heterocycles. The van der Waals surface area contributed by atoms with Crippen LogP contribution in [0.3, 0.4) is 0 Å². The zero-order valence-electron chi connectivity index (χ0n) is 9.94. The van der Waals surface area contributed by atoms with Crippen LogP contribution in [0.2, 0.25) is 0 Å². The average molecular weight is 242 g/mol. The Labute approximate surface area is 94.9 Å². The Hall–Kier alpha value is -0.330. The Morgan fingerprint density at radius 2 is 1.88 bits per heavy atom. The van der Waals surface area contributed by atoms with E-state index in [0.29, 0.717) is 13.2 Å². The van der Waals surface area contributed by atoms with E-state index in [9.17, 15) is 13.2 Å². The molecule has 0 aliphatic rings. The number of halogens is 3. The topological polar surface area (TPSA) is 24.5 Å². The fraction of sp³-hybridized carbons (Fsp3) is 1.00. The number of methoxy groups -OCH3 is 1. The Bertz CT molecular complexity index is 165. The smallest absolute Gasteiger partial charge is 0.383 e. The number of rotatable bonds is 9. The maximum absolute atomic E-state index is 12.0. The van der Waals surface area contributed by atoms with Gasteiger partial charge in [-0.3, -0.25) is 4.90 Å². The van der Waals surface area contributed by atoms with Crippen LogP contribution < -0.4 is 5.32 Å². The predicted octanol–water partition coefficient (Wildman–Crippen LogP) is 1.50. The fourth-order valence-electron chi connectivity index (χ4n) is 1.32. The molecule has 0 atom stereocenters. The summed E-state index contributed by atoms with van der Waals surface area (Å²) >= 11 is 0. The summed E-state index contributed by atoms with van der Waals surface area (Å²) in [6, 6.07) is 0. The van der Waals surface area contributed by atoms with Crippen LogP contribution in [0.5, 0.6) is 0 Å².